The minimum absolute atomic E-state index is 0.164. The van der Waals surface area contributed by atoms with Gasteiger partial charge in [-0.05, 0) is 87.0 Å². The molecular weight excluding hydrogens is 458 g/mol. The zero-order valence-corrected chi connectivity index (χ0v) is 21.7. The lowest BCUT2D eigenvalue weighted by Crippen LogP contribution is -2.43. The van der Waals surface area contributed by atoms with Gasteiger partial charge < -0.3 is 9.88 Å². The zero-order valence-electron chi connectivity index (χ0n) is 21.7. The molecule has 0 radical (unpaired) electrons. The highest BCUT2D eigenvalue weighted by molar-refractivity contribution is 5.92. The summed E-state index contributed by atoms with van der Waals surface area (Å²) >= 11 is 0. The number of nitrogens with zero attached hydrogens (tertiary/aromatic N) is 3. The molecule has 4 heterocycles. The molecule has 0 unspecified atom stereocenters. The standard InChI is InChI=1S/C29H36F2N4O/c1-18(2)27-24-15-22(5-6-25(24)33-28(27)23-13-19(3)32-20(4)14-23)21-7-10-34(11-8-21)16-26(36)35-12-9-29(30,31)17-35/h5-6,13-15,18,21,33H,7-12,16-17H2,1-4H3. The van der Waals surface area contributed by atoms with Gasteiger partial charge in [-0.3, -0.25) is 14.7 Å². The van der Waals surface area contributed by atoms with Crippen molar-refractivity contribution in [3.63, 3.8) is 0 Å². The lowest BCUT2D eigenvalue weighted by Gasteiger charge is -2.32. The lowest BCUT2D eigenvalue weighted by molar-refractivity contribution is -0.133. The van der Waals surface area contributed by atoms with Gasteiger partial charge in [-0.1, -0.05) is 19.9 Å². The summed E-state index contributed by atoms with van der Waals surface area (Å²) in [5, 5.41) is 1.28. The van der Waals surface area contributed by atoms with Crippen LogP contribution in [0.15, 0.2) is 30.3 Å². The van der Waals surface area contributed by atoms with Gasteiger partial charge >= 0.3 is 0 Å². The molecule has 0 aliphatic carbocycles. The Labute approximate surface area is 211 Å². The predicted molar refractivity (Wildman–Crippen MR) is 140 cm³/mol. The number of piperidine rings is 1. The number of rotatable bonds is 5. The fourth-order valence-corrected chi connectivity index (χ4v) is 5.95. The second-order valence-corrected chi connectivity index (χ2v) is 11.0. The maximum Gasteiger partial charge on any atom is 0.267 e. The normalized spacial score (nSPS) is 19.0. The predicted octanol–water partition coefficient (Wildman–Crippen LogP) is 6.02. The highest BCUT2D eigenvalue weighted by atomic mass is 19.3. The molecule has 0 atom stereocenters. The molecule has 0 spiro atoms. The third-order valence-electron chi connectivity index (χ3n) is 7.75. The molecule has 2 aromatic heterocycles. The molecule has 36 heavy (non-hydrogen) atoms. The number of likely N-dealkylation sites (tertiary alicyclic amines) is 2. The molecule has 3 aromatic rings. The van der Waals surface area contributed by atoms with E-state index >= 15 is 0 Å². The van der Waals surface area contributed by atoms with Crippen molar-refractivity contribution in [1.29, 1.82) is 0 Å². The van der Waals surface area contributed by atoms with E-state index in [4.69, 9.17) is 0 Å². The Balaban J connectivity index is 1.32. The first kappa shape index (κ1) is 24.9. The summed E-state index contributed by atoms with van der Waals surface area (Å²) in [6.45, 7) is 10.1. The molecule has 1 amide bonds. The number of H-pyrrole nitrogens is 1. The first-order valence-electron chi connectivity index (χ1n) is 13.1. The van der Waals surface area contributed by atoms with E-state index in [1.54, 1.807) is 0 Å². The average molecular weight is 495 g/mol. The SMILES string of the molecule is Cc1cc(-c2[nH]c3ccc(C4CCN(CC(=O)N5CCC(F)(F)C5)CC4)cc3c2C(C)C)cc(C)n1. The monoisotopic (exact) mass is 494 g/mol. The summed E-state index contributed by atoms with van der Waals surface area (Å²) in [6, 6.07) is 11.1. The van der Waals surface area contributed by atoms with E-state index in [0.29, 0.717) is 11.8 Å². The molecule has 2 aliphatic heterocycles. The number of pyridine rings is 1. The van der Waals surface area contributed by atoms with Gasteiger partial charge in [0.2, 0.25) is 5.91 Å². The van der Waals surface area contributed by atoms with Gasteiger partial charge in [0.15, 0.2) is 0 Å². The summed E-state index contributed by atoms with van der Waals surface area (Å²) in [6.07, 6.45) is 1.71. The van der Waals surface area contributed by atoms with Gasteiger partial charge in [0, 0.05) is 40.8 Å². The Hall–Kier alpha value is -2.80. The van der Waals surface area contributed by atoms with Gasteiger partial charge in [-0.15, -0.1) is 0 Å². The first-order valence-corrected chi connectivity index (χ1v) is 13.1. The number of carbonyl (C=O) groups is 1. The zero-order chi connectivity index (χ0) is 25.6. The van der Waals surface area contributed by atoms with Crippen molar-refractivity contribution < 1.29 is 13.6 Å². The molecule has 1 N–H and O–H groups in total. The summed E-state index contributed by atoms with van der Waals surface area (Å²) in [7, 11) is 0. The number of amides is 1. The van der Waals surface area contributed by atoms with E-state index in [2.05, 4.69) is 59.0 Å². The third kappa shape index (κ3) is 5.03. The number of aromatic nitrogens is 2. The van der Waals surface area contributed by atoms with E-state index in [1.165, 1.54) is 32.7 Å². The van der Waals surface area contributed by atoms with Crippen LogP contribution < -0.4 is 0 Å². The van der Waals surface area contributed by atoms with Crippen molar-refractivity contribution in [3.8, 4) is 11.3 Å². The average Bonchev–Trinajstić information content (AvgIpc) is 3.38. The lowest BCUT2D eigenvalue weighted by atomic mass is 9.87. The van der Waals surface area contributed by atoms with E-state index in [0.717, 1.165) is 42.8 Å². The van der Waals surface area contributed by atoms with Crippen LogP contribution >= 0.6 is 0 Å². The summed E-state index contributed by atoms with van der Waals surface area (Å²) in [5.74, 6) is -2.11. The van der Waals surface area contributed by atoms with E-state index in [9.17, 15) is 13.6 Å². The van der Waals surface area contributed by atoms with E-state index in [1.807, 2.05) is 13.8 Å². The van der Waals surface area contributed by atoms with Crippen molar-refractivity contribution >= 4 is 16.8 Å². The van der Waals surface area contributed by atoms with Gasteiger partial charge in [0.25, 0.3) is 5.92 Å². The number of nitrogens with one attached hydrogen (secondary N) is 1. The van der Waals surface area contributed by atoms with Crippen LogP contribution in [0, 0.1) is 13.8 Å². The Morgan fingerprint density at radius 2 is 1.81 bits per heavy atom. The van der Waals surface area contributed by atoms with Gasteiger partial charge in [-0.2, -0.15) is 0 Å². The minimum Gasteiger partial charge on any atom is -0.354 e. The quantitative estimate of drug-likeness (QED) is 0.472. The fourth-order valence-electron chi connectivity index (χ4n) is 5.95. The molecular formula is C29H36F2N4O. The van der Waals surface area contributed by atoms with Crippen LogP contribution in [0.4, 0.5) is 8.78 Å². The molecule has 1 aromatic carbocycles. The Kier molecular flexibility index (Phi) is 6.62. The number of benzene rings is 1. The number of alkyl halides is 2. The molecule has 2 saturated heterocycles. The van der Waals surface area contributed by atoms with Crippen molar-refractivity contribution in [2.75, 3.05) is 32.7 Å². The van der Waals surface area contributed by atoms with Crippen LogP contribution in [0.1, 0.15) is 67.5 Å². The topological polar surface area (TPSA) is 52.2 Å². The number of hydrogen-bond acceptors (Lipinski definition) is 3. The van der Waals surface area contributed by atoms with Crippen molar-refractivity contribution in [2.45, 2.75) is 64.7 Å². The summed E-state index contributed by atoms with van der Waals surface area (Å²) in [5.41, 5.74) is 8.20. The van der Waals surface area contributed by atoms with Crippen LogP contribution in [0.2, 0.25) is 0 Å². The number of aryl methyl sites for hydroxylation is 2. The molecule has 0 saturated carbocycles. The minimum atomic E-state index is -2.73. The number of hydrogen-bond donors (Lipinski definition) is 1. The molecule has 0 bridgehead atoms. The third-order valence-corrected chi connectivity index (χ3v) is 7.75. The number of aromatic amines is 1. The largest absolute Gasteiger partial charge is 0.354 e. The Morgan fingerprint density at radius 1 is 1.11 bits per heavy atom. The number of halogens is 2. The first-order chi connectivity index (χ1) is 17.1. The van der Waals surface area contributed by atoms with Gasteiger partial charge in [0.05, 0.1) is 18.8 Å². The molecule has 2 fully saturated rings. The number of carbonyl (C=O) groups excluding carboxylic acids is 1. The fraction of sp³-hybridized carbons (Fsp3) is 0.517. The van der Waals surface area contributed by atoms with Crippen LogP contribution in [-0.4, -0.2) is 64.3 Å². The summed E-state index contributed by atoms with van der Waals surface area (Å²) in [4.78, 5) is 24.2. The highest BCUT2D eigenvalue weighted by Gasteiger charge is 2.40. The maximum atomic E-state index is 13.5. The van der Waals surface area contributed by atoms with E-state index in [-0.39, 0.29) is 25.4 Å². The molecule has 2 aliphatic rings. The van der Waals surface area contributed by atoms with Crippen LogP contribution in [0.25, 0.3) is 22.2 Å². The molecule has 7 heteroatoms. The van der Waals surface area contributed by atoms with Crippen molar-refractivity contribution in [3.05, 3.63) is 52.8 Å². The van der Waals surface area contributed by atoms with Gasteiger partial charge in [-0.25, -0.2) is 8.78 Å². The van der Waals surface area contributed by atoms with Crippen LogP contribution in [0.5, 0.6) is 0 Å². The Morgan fingerprint density at radius 3 is 2.42 bits per heavy atom. The van der Waals surface area contributed by atoms with Crippen molar-refractivity contribution in [2.24, 2.45) is 0 Å². The van der Waals surface area contributed by atoms with Crippen LogP contribution in [-0.2, 0) is 4.79 Å². The molecule has 192 valence electrons. The smallest absolute Gasteiger partial charge is 0.267 e. The van der Waals surface area contributed by atoms with Crippen LogP contribution in [0.3, 0.4) is 0 Å². The maximum absolute atomic E-state index is 13.5. The van der Waals surface area contributed by atoms with Gasteiger partial charge in [0.1, 0.15) is 0 Å². The second kappa shape index (κ2) is 9.58. The van der Waals surface area contributed by atoms with Crippen molar-refractivity contribution in [1.82, 2.24) is 19.8 Å². The Bertz CT molecular complexity index is 1250. The molecule has 5 nitrogen and oxygen atoms in total. The molecule has 5 rings (SSSR count). The summed E-state index contributed by atoms with van der Waals surface area (Å²) < 4.78 is 27.0. The van der Waals surface area contributed by atoms with E-state index < -0.39 is 12.5 Å². The highest BCUT2D eigenvalue weighted by Crippen LogP contribution is 2.38. The number of fused-ring (bicyclic) bond motifs is 1. The second-order valence-electron chi connectivity index (χ2n) is 11.0.